The zero-order valence-corrected chi connectivity index (χ0v) is 6.74. The normalized spacial score (nSPS) is 48.5. The first-order valence-electron chi connectivity index (χ1n) is 4.58. The van der Waals surface area contributed by atoms with Crippen molar-refractivity contribution in [1.29, 1.82) is 0 Å². The van der Waals surface area contributed by atoms with Crippen LogP contribution in [0.1, 0.15) is 19.3 Å². The van der Waals surface area contributed by atoms with E-state index >= 15 is 0 Å². The SMILES string of the molecule is OC[C@@H]1[C@@H]2CC[C@@H](C2)[C@H]1CO. The van der Waals surface area contributed by atoms with Gasteiger partial charge in [-0.25, -0.2) is 0 Å². The number of rotatable bonds is 2. The molecule has 2 rings (SSSR count). The van der Waals surface area contributed by atoms with Gasteiger partial charge < -0.3 is 10.2 Å². The zero-order valence-electron chi connectivity index (χ0n) is 6.74. The van der Waals surface area contributed by atoms with Crippen molar-refractivity contribution in [2.45, 2.75) is 19.3 Å². The number of aliphatic hydroxyl groups excluding tert-OH is 2. The predicted molar refractivity (Wildman–Crippen MR) is 42.0 cm³/mol. The summed E-state index contributed by atoms with van der Waals surface area (Å²) < 4.78 is 0. The Labute approximate surface area is 67.2 Å². The molecular weight excluding hydrogens is 140 g/mol. The lowest BCUT2D eigenvalue weighted by Gasteiger charge is -2.27. The molecular formula is C9H16O2. The van der Waals surface area contributed by atoms with E-state index in [0.29, 0.717) is 11.8 Å². The summed E-state index contributed by atoms with van der Waals surface area (Å²) in [5.74, 6) is 2.28. The van der Waals surface area contributed by atoms with E-state index in [9.17, 15) is 0 Å². The second kappa shape index (κ2) is 2.76. The zero-order chi connectivity index (χ0) is 7.84. The van der Waals surface area contributed by atoms with E-state index in [4.69, 9.17) is 10.2 Å². The molecule has 0 saturated heterocycles. The Hall–Kier alpha value is -0.0800. The lowest BCUT2D eigenvalue weighted by Crippen LogP contribution is -2.27. The van der Waals surface area contributed by atoms with Crippen molar-refractivity contribution in [1.82, 2.24) is 0 Å². The molecule has 0 radical (unpaired) electrons. The Morgan fingerprint density at radius 3 is 1.73 bits per heavy atom. The fourth-order valence-electron chi connectivity index (χ4n) is 3.10. The number of hydrogen-bond acceptors (Lipinski definition) is 2. The minimum Gasteiger partial charge on any atom is -0.396 e. The van der Waals surface area contributed by atoms with Crippen LogP contribution in [-0.4, -0.2) is 23.4 Å². The van der Waals surface area contributed by atoms with Gasteiger partial charge in [0.15, 0.2) is 0 Å². The molecule has 2 N–H and O–H groups in total. The molecule has 2 nitrogen and oxygen atoms in total. The first-order valence-corrected chi connectivity index (χ1v) is 4.58. The third-order valence-electron chi connectivity index (χ3n) is 3.70. The maximum absolute atomic E-state index is 9.08. The molecule has 2 heteroatoms. The summed E-state index contributed by atoms with van der Waals surface area (Å²) in [7, 11) is 0. The Kier molecular flexibility index (Phi) is 1.90. The van der Waals surface area contributed by atoms with E-state index in [1.807, 2.05) is 0 Å². The maximum atomic E-state index is 9.08. The molecule has 0 aromatic rings. The minimum atomic E-state index is 0.284. The molecule has 0 aromatic carbocycles. The number of fused-ring (bicyclic) bond motifs is 2. The van der Waals surface area contributed by atoms with E-state index in [0.717, 1.165) is 11.8 Å². The van der Waals surface area contributed by atoms with Gasteiger partial charge in [0.25, 0.3) is 0 Å². The predicted octanol–water partition coefficient (Wildman–Crippen LogP) is 0.633. The van der Waals surface area contributed by atoms with Crippen LogP contribution in [0.25, 0.3) is 0 Å². The summed E-state index contributed by atoms with van der Waals surface area (Å²) in [6.07, 6.45) is 3.83. The van der Waals surface area contributed by atoms with Crippen molar-refractivity contribution in [3.05, 3.63) is 0 Å². The van der Waals surface area contributed by atoms with E-state index in [-0.39, 0.29) is 13.2 Å². The molecule has 0 unspecified atom stereocenters. The van der Waals surface area contributed by atoms with Crippen LogP contribution in [0.2, 0.25) is 0 Å². The van der Waals surface area contributed by atoms with E-state index in [2.05, 4.69) is 0 Å². The van der Waals surface area contributed by atoms with Gasteiger partial charge in [-0.1, -0.05) is 0 Å². The molecule has 11 heavy (non-hydrogen) atoms. The van der Waals surface area contributed by atoms with Crippen LogP contribution < -0.4 is 0 Å². The third-order valence-corrected chi connectivity index (χ3v) is 3.70. The van der Waals surface area contributed by atoms with Gasteiger partial charge in [0.1, 0.15) is 0 Å². The molecule has 2 aliphatic carbocycles. The fraction of sp³-hybridized carbons (Fsp3) is 1.00. The van der Waals surface area contributed by atoms with Crippen LogP contribution in [0.15, 0.2) is 0 Å². The van der Waals surface area contributed by atoms with Crippen molar-refractivity contribution in [3.8, 4) is 0 Å². The molecule has 2 saturated carbocycles. The number of hydrogen-bond donors (Lipinski definition) is 2. The maximum Gasteiger partial charge on any atom is 0.0465 e. The summed E-state index contributed by atoms with van der Waals surface area (Å²) in [4.78, 5) is 0. The molecule has 0 heterocycles. The van der Waals surface area contributed by atoms with Gasteiger partial charge >= 0.3 is 0 Å². The van der Waals surface area contributed by atoms with Gasteiger partial charge in [-0.3, -0.25) is 0 Å². The third kappa shape index (κ3) is 1.00. The topological polar surface area (TPSA) is 40.5 Å². The summed E-state index contributed by atoms with van der Waals surface area (Å²) in [5.41, 5.74) is 0. The van der Waals surface area contributed by atoms with Crippen LogP contribution in [0, 0.1) is 23.7 Å². The average Bonchev–Trinajstić information content (AvgIpc) is 2.60. The largest absolute Gasteiger partial charge is 0.396 e. The van der Waals surface area contributed by atoms with Gasteiger partial charge in [0, 0.05) is 13.2 Å². The standard InChI is InChI=1S/C9H16O2/c10-4-8-6-1-2-7(3-6)9(8)5-11/h6-11H,1-5H2/t6-,7+,8-,9-/m1/s1. The van der Waals surface area contributed by atoms with Crippen LogP contribution in [0.5, 0.6) is 0 Å². The van der Waals surface area contributed by atoms with E-state index in [1.165, 1.54) is 19.3 Å². The number of aliphatic hydroxyl groups is 2. The Bertz CT molecular complexity index is 130. The molecule has 0 aliphatic heterocycles. The molecule has 2 bridgehead atoms. The smallest absolute Gasteiger partial charge is 0.0465 e. The van der Waals surface area contributed by atoms with Crippen molar-refractivity contribution in [2.75, 3.05) is 13.2 Å². The highest BCUT2D eigenvalue weighted by atomic mass is 16.3. The van der Waals surface area contributed by atoms with E-state index in [1.54, 1.807) is 0 Å². The van der Waals surface area contributed by atoms with Crippen LogP contribution >= 0.6 is 0 Å². The second-order valence-corrected chi connectivity index (χ2v) is 4.03. The van der Waals surface area contributed by atoms with Crippen LogP contribution in [-0.2, 0) is 0 Å². The lowest BCUT2D eigenvalue weighted by atomic mass is 9.80. The van der Waals surface area contributed by atoms with Gasteiger partial charge in [0.05, 0.1) is 0 Å². The lowest BCUT2D eigenvalue weighted by molar-refractivity contribution is 0.0791. The summed E-state index contributed by atoms with van der Waals surface area (Å²) in [5, 5.41) is 18.2. The average molecular weight is 156 g/mol. The first kappa shape index (κ1) is 7.56. The second-order valence-electron chi connectivity index (χ2n) is 4.03. The molecule has 64 valence electrons. The monoisotopic (exact) mass is 156 g/mol. The quantitative estimate of drug-likeness (QED) is 0.615. The highest BCUT2D eigenvalue weighted by molar-refractivity contribution is 4.95. The Morgan fingerprint density at radius 1 is 0.909 bits per heavy atom. The highest BCUT2D eigenvalue weighted by Crippen LogP contribution is 2.51. The van der Waals surface area contributed by atoms with Crippen LogP contribution in [0.3, 0.4) is 0 Å². The van der Waals surface area contributed by atoms with Crippen molar-refractivity contribution in [3.63, 3.8) is 0 Å². The van der Waals surface area contributed by atoms with Gasteiger partial charge in [-0.05, 0) is 42.9 Å². The Morgan fingerprint density at radius 2 is 1.36 bits per heavy atom. The Balaban J connectivity index is 2.08. The van der Waals surface area contributed by atoms with Gasteiger partial charge in [0.2, 0.25) is 0 Å². The van der Waals surface area contributed by atoms with E-state index < -0.39 is 0 Å². The van der Waals surface area contributed by atoms with Crippen molar-refractivity contribution in [2.24, 2.45) is 23.7 Å². The summed E-state index contributed by atoms with van der Waals surface area (Å²) >= 11 is 0. The molecule has 2 aliphatic rings. The summed E-state index contributed by atoms with van der Waals surface area (Å²) in [6.45, 7) is 0.568. The molecule has 4 atom stereocenters. The van der Waals surface area contributed by atoms with Gasteiger partial charge in [-0.15, -0.1) is 0 Å². The minimum absolute atomic E-state index is 0.284. The van der Waals surface area contributed by atoms with Crippen molar-refractivity contribution >= 4 is 0 Å². The molecule has 0 amide bonds. The molecule has 2 fully saturated rings. The summed E-state index contributed by atoms with van der Waals surface area (Å²) in [6, 6.07) is 0. The molecule has 0 aromatic heterocycles. The molecule has 0 spiro atoms. The van der Waals surface area contributed by atoms with Gasteiger partial charge in [-0.2, -0.15) is 0 Å². The fourth-order valence-corrected chi connectivity index (χ4v) is 3.10. The first-order chi connectivity index (χ1) is 5.36. The van der Waals surface area contributed by atoms with Crippen molar-refractivity contribution < 1.29 is 10.2 Å². The highest BCUT2D eigenvalue weighted by Gasteiger charge is 2.46. The van der Waals surface area contributed by atoms with Crippen LogP contribution in [0.4, 0.5) is 0 Å².